The van der Waals surface area contributed by atoms with Crippen molar-refractivity contribution in [2.24, 2.45) is 0 Å². The summed E-state index contributed by atoms with van der Waals surface area (Å²) in [7, 11) is 0. The summed E-state index contributed by atoms with van der Waals surface area (Å²) in [6, 6.07) is 0. The Morgan fingerprint density at radius 1 is 0.263 bits per heavy atom. The van der Waals surface area contributed by atoms with Crippen molar-refractivity contribution in [3.05, 3.63) is 158 Å². The number of esters is 3. The molecule has 0 aromatic rings. The number of rotatable bonds is 57. The van der Waals surface area contributed by atoms with E-state index in [-0.39, 0.29) is 31.1 Å². The SMILES string of the molecule is CC/C=C\C/C=C\C/C=C\C/C=C\C/C=C\C/C=C\C/C=C\CCCCCC(=O)OCC(COC(=O)CCCCCCC/C=C\CCCCCCC)OC(=O)CCCCCCCCC/C=C\C/C=C\C/C=C\C/C=C\C/C=C\CC. The lowest BCUT2D eigenvalue weighted by Gasteiger charge is -2.18. The molecule has 0 saturated heterocycles. The molecule has 80 heavy (non-hydrogen) atoms. The Morgan fingerprint density at radius 3 is 0.787 bits per heavy atom. The summed E-state index contributed by atoms with van der Waals surface area (Å²) in [5, 5.41) is 0. The van der Waals surface area contributed by atoms with Gasteiger partial charge in [-0.15, -0.1) is 0 Å². The van der Waals surface area contributed by atoms with Crippen molar-refractivity contribution >= 4 is 17.9 Å². The van der Waals surface area contributed by atoms with Crippen LogP contribution in [0.15, 0.2) is 158 Å². The highest BCUT2D eigenvalue weighted by atomic mass is 16.6. The van der Waals surface area contributed by atoms with Crippen LogP contribution in [0.2, 0.25) is 0 Å². The van der Waals surface area contributed by atoms with Crippen LogP contribution >= 0.6 is 0 Å². The Bertz CT molecular complexity index is 1790. The summed E-state index contributed by atoms with van der Waals surface area (Å²) in [5.74, 6) is -0.959. The number of allylic oxidation sites excluding steroid dienone is 26. The lowest BCUT2D eigenvalue weighted by Crippen LogP contribution is -2.30. The average Bonchev–Trinajstić information content (AvgIpc) is 3.46. The molecule has 0 bridgehead atoms. The van der Waals surface area contributed by atoms with E-state index in [4.69, 9.17) is 14.2 Å². The van der Waals surface area contributed by atoms with Crippen molar-refractivity contribution in [3.63, 3.8) is 0 Å². The quantitative estimate of drug-likeness (QED) is 0.0261. The zero-order valence-corrected chi connectivity index (χ0v) is 51.5. The van der Waals surface area contributed by atoms with Gasteiger partial charge in [0.1, 0.15) is 13.2 Å². The maximum Gasteiger partial charge on any atom is 0.306 e. The van der Waals surface area contributed by atoms with Crippen LogP contribution in [-0.2, 0) is 28.6 Å². The van der Waals surface area contributed by atoms with E-state index in [9.17, 15) is 14.4 Å². The molecule has 6 nitrogen and oxygen atoms in total. The molecule has 0 saturated carbocycles. The van der Waals surface area contributed by atoms with Crippen molar-refractivity contribution in [1.29, 1.82) is 0 Å². The van der Waals surface area contributed by atoms with Crippen LogP contribution in [0.25, 0.3) is 0 Å². The van der Waals surface area contributed by atoms with Gasteiger partial charge in [-0.1, -0.05) is 262 Å². The predicted octanol–water partition coefficient (Wildman–Crippen LogP) is 22.5. The number of carbonyl (C=O) groups excluding carboxylic acids is 3. The summed E-state index contributed by atoms with van der Waals surface area (Å²) < 4.78 is 16.9. The number of carbonyl (C=O) groups is 3. The van der Waals surface area contributed by atoms with E-state index < -0.39 is 6.10 Å². The smallest absolute Gasteiger partial charge is 0.306 e. The van der Waals surface area contributed by atoms with E-state index in [2.05, 4.69) is 179 Å². The monoisotopic (exact) mass is 1100 g/mol. The molecule has 0 aromatic heterocycles. The van der Waals surface area contributed by atoms with Crippen molar-refractivity contribution in [3.8, 4) is 0 Å². The number of hydrogen-bond donors (Lipinski definition) is 0. The first-order chi connectivity index (χ1) is 39.5. The third kappa shape index (κ3) is 63.9. The van der Waals surface area contributed by atoms with E-state index in [0.29, 0.717) is 19.3 Å². The summed E-state index contributed by atoms with van der Waals surface area (Å²) in [4.78, 5) is 38.4. The van der Waals surface area contributed by atoms with E-state index in [1.807, 2.05) is 0 Å². The number of unbranched alkanes of at least 4 members (excludes halogenated alkanes) is 20. The first-order valence-electron chi connectivity index (χ1n) is 32.5. The molecule has 0 fully saturated rings. The largest absolute Gasteiger partial charge is 0.462 e. The zero-order valence-electron chi connectivity index (χ0n) is 51.5. The van der Waals surface area contributed by atoms with E-state index >= 15 is 0 Å². The first-order valence-corrected chi connectivity index (χ1v) is 32.5. The summed E-state index contributed by atoms with van der Waals surface area (Å²) in [6.45, 7) is 6.36. The highest BCUT2D eigenvalue weighted by molar-refractivity contribution is 5.71. The minimum absolute atomic E-state index is 0.104. The maximum atomic E-state index is 12.9. The minimum atomic E-state index is -0.811. The highest BCUT2D eigenvalue weighted by Crippen LogP contribution is 2.14. The Labute approximate surface area is 492 Å². The molecule has 0 N–H and O–H groups in total. The molecular formula is C74H118O6. The highest BCUT2D eigenvalue weighted by Gasteiger charge is 2.19. The predicted molar refractivity (Wildman–Crippen MR) is 348 cm³/mol. The van der Waals surface area contributed by atoms with Gasteiger partial charge in [-0.3, -0.25) is 14.4 Å². The second-order valence-electron chi connectivity index (χ2n) is 20.9. The van der Waals surface area contributed by atoms with Crippen molar-refractivity contribution in [2.45, 2.75) is 277 Å². The van der Waals surface area contributed by atoms with Crippen LogP contribution in [0.1, 0.15) is 271 Å². The van der Waals surface area contributed by atoms with E-state index in [1.165, 1.54) is 64.2 Å². The summed E-state index contributed by atoms with van der Waals surface area (Å²) in [6.07, 6.45) is 96.7. The van der Waals surface area contributed by atoms with Gasteiger partial charge in [-0.2, -0.15) is 0 Å². The van der Waals surface area contributed by atoms with Crippen molar-refractivity contribution in [2.75, 3.05) is 13.2 Å². The fourth-order valence-electron chi connectivity index (χ4n) is 8.44. The van der Waals surface area contributed by atoms with Gasteiger partial charge < -0.3 is 14.2 Å². The van der Waals surface area contributed by atoms with Gasteiger partial charge in [0.15, 0.2) is 6.10 Å². The van der Waals surface area contributed by atoms with E-state index in [1.54, 1.807) is 0 Å². The van der Waals surface area contributed by atoms with Gasteiger partial charge in [0.2, 0.25) is 0 Å². The lowest BCUT2D eigenvalue weighted by atomic mass is 10.1. The molecule has 6 heteroatoms. The molecule has 450 valence electrons. The second kappa shape index (κ2) is 66.5. The van der Waals surface area contributed by atoms with Crippen molar-refractivity contribution in [1.82, 2.24) is 0 Å². The Morgan fingerprint density at radius 2 is 0.487 bits per heavy atom. The third-order valence-electron chi connectivity index (χ3n) is 13.2. The van der Waals surface area contributed by atoms with Gasteiger partial charge >= 0.3 is 17.9 Å². The number of hydrogen-bond acceptors (Lipinski definition) is 6. The van der Waals surface area contributed by atoms with Crippen LogP contribution in [0, 0.1) is 0 Å². The van der Waals surface area contributed by atoms with Crippen LogP contribution in [0.5, 0.6) is 0 Å². The third-order valence-corrected chi connectivity index (χ3v) is 13.2. The molecule has 0 spiro atoms. The summed E-state index contributed by atoms with van der Waals surface area (Å²) in [5.41, 5.74) is 0. The second-order valence-corrected chi connectivity index (χ2v) is 20.9. The maximum absolute atomic E-state index is 12.9. The minimum Gasteiger partial charge on any atom is -0.462 e. The normalized spacial score (nSPS) is 13.2. The Hall–Kier alpha value is -4.97. The van der Waals surface area contributed by atoms with Gasteiger partial charge in [-0.05, 0) is 148 Å². The molecule has 0 aliphatic heterocycles. The molecule has 0 aromatic carbocycles. The molecule has 0 aliphatic carbocycles. The van der Waals surface area contributed by atoms with Gasteiger partial charge in [0.25, 0.3) is 0 Å². The molecule has 0 amide bonds. The molecule has 0 rings (SSSR count). The lowest BCUT2D eigenvalue weighted by molar-refractivity contribution is -0.167. The topological polar surface area (TPSA) is 78.9 Å². The Balaban J connectivity index is 4.49. The fraction of sp³-hybridized carbons (Fsp3) is 0.608. The van der Waals surface area contributed by atoms with Gasteiger partial charge in [0.05, 0.1) is 0 Å². The molecule has 0 aliphatic rings. The standard InChI is InChI=1S/C74H118O6/c1-4-7-10-13-16-19-22-25-28-30-32-34-36-37-39-40-42-44-46-49-52-55-58-61-64-67-73(76)79-70-71(69-78-72(75)66-63-60-57-54-51-48-27-24-21-18-15-12-9-6-3)80-74(77)68-65-62-59-56-53-50-47-45-43-41-38-35-33-31-29-26-23-20-17-14-11-8-5-2/h7-8,10-11,16-17,19-20,24-29,32-35,37,39,41-44,49,52,71H,4-6,9,12-15,18,21-23,30-31,36,38,40,45-48,50-51,53-70H2,1-3H3/b10-7-,11-8-,19-16-,20-17-,27-24-,28-25-,29-26-,34-32-,35-33-,39-37-,43-41-,44-42-,52-49-. The zero-order chi connectivity index (χ0) is 57.8. The van der Waals surface area contributed by atoms with E-state index in [0.717, 1.165) is 167 Å². The fourth-order valence-corrected chi connectivity index (χ4v) is 8.44. The molecule has 0 heterocycles. The Kier molecular flexibility index (Phi) is 62.4. The first kappa shape index (κ1) is 75.0. The van der Waals surface area contributed by atoms with Crippen LogP contribution in [0.3, 0.4) is 0 Å². The van der Waals surface area contributed by atoms with Gasteiger partial charge in [-0.25, -0.2) is 0 Å². The van der Waals surface area contributed by atoms with Crippen LogP contribution in [0.4, 0.5) is 0 Å². The number of ether oxygens (including phenoxy) is 3. The van der Waals surface area contributed by atoms with Gasteiger partial charge in [0, 0.05) is 19.3 Å². The molecule has 1 unspecified atom stereocenters. The summed E-state index contributed by atoms with van der Waals surface area (Å²) >= 11 is 0. The molecule has 0 radical (unpaired) electrons. The van der Waals surface area contributed by atoms with Crippen LogP contribution in [-0.4, -0.2) is 37.2 Å². The van der Waals surface area contributed by atoms with Crippen molar-refractivity contribution < 1.29 is 28.6 Å². The molecule has 1 atom stereocenters. The average molecular weight is 1100 g/mol. The molecular weight excluding hydrogens is 985 g/mol. The van der Waals surface area contributed by atoms with Crippen LogP contribution < -0.4 is 0 Å².